The largest absolute Gasteiger partial charge is 0.327 e. The van der Waals surface area contributed by atoms with Gasteiger partial charge in [0.25, 0.3) is 0 Å². The Labute approximate surface area is 155 Å². The first kappa shape index (κ1) is 16.1. The van der Waals surface area contributed by atoms with Gasteiger partial charge in [0.2, 0.25) is 0 Å². The van der Waals surface area contributed by atoms with E-state index in [2.05, 4.69) is 58.9 Å². The van der Waals surface area contributed by atoms with E-state index in [1.165, 1.54) is 60.4 Å². The highest BCUT2D eigenvalue weighted by atomic mass is 15.2. The van der Waals surface area contributed by atoms with Crippen LogP contribution in [0.3, 0.4) is 0 Å². The molecule has 0 bridgehead atoms. The topological polar surface area (TPSA) is 21.1 Å². The first-order valence-corrected chi connectivity index (χ1v) is 10.1. The van der Waals surface area contributed by atoms with E-state index in [0.29, 0.717) is 0 Å². The molecule has 2 aromatic carbocycles. The van der Waals surface area contributed by atoms with Gasteiger partial charge in [0, 0.05) is 32.1 Å². The summed E-state index contributed by atoms with van der Waals surface area (Å²) in [7, 11) is 0. The third-order valence-electron chi connectivity index (χ3n) is 6.35. The summed E-state index contributed by atoms with van der Waals surface area (Å²) in [6.45, 7) is 5.61. The lowest BCUT2D eigenvalue weighted by atomic mass is 9.91. The summed E-state index contributed by atoms with van der Waals surface area (Å²) in [5.41, 5.74) is 6.43. The molecule has 1 aliphatic heterocycles. The standard InChI is InChI=1S/C23H27N3/c1-2-17-6-8-18(9-7-17)19-10-11-21-22(16-19)26-15-14-25(20-4-3-5-20)13-12-23(26)24-21/h6-11,16,20H,2-5,12-15H2,1H3. The van der Waals surface area contributed by atoms with Gasteiger partial charge in [-0.2, -0.15) is 0 Å². The molecule has 0 saturated heterocycles. The average molecular weight is 345 g/mol. The van der Waals surface area contributed by atoms with E-state index in [0.717, 1.165) is 30.9 Å². The number of hydrogen-bond donors (Lipinski definition) is 0. The molecule has 0 amide bonds. The summed E-state index contributed by atoms with van der Waals surface area (Å²) >= 11 is 0. The van der Waals surface area contributed by atoms with Crippen LogP contribution in [0, 0.1) is 0 Å². The van der Waals surface area contributed by atoms with Gasteiger partial charge in [-0.3, -0.25) is 4.90 Å². The maximum Gasteiger partial charge on any atom is 0.111 e. The minimum atomic E-state index is 0.832. The Bertz CT molecular complexity index is 919. The van der Waals surface area contributed by atoms with Crippen molar-refractivity contribution in [2.75, 3.05) is 13.1 Å². The zero-order valence-corrected chi connectivity index (χ0v) is 15.6. The molecule has 1 fully saturated rings. The number of aryl methyl sites for hydroxylation is 1. The number of benzene rings is 2. The quantitative estimate of drug-likeness (QED) is 0.687. The van der Waals surface area contributed by atoms with Gasteiger partial charge in [-0.05, 0) is 48.1 Å². The van der Waals surface area contributed by atoms with E-state index >= 15 is 0 Å². The number of imidazole rings is 1. The molecular weight excluding hydrogens is 318 g/mol. The summed E-state index contributed by atoms with van der Waals surface area (Å²) in [5, 5.41) is 0. The molecule has 0 N–H and O–H groups in total. The van der Waals surface area contributed by atoms with E-state index in [9.17, 15) is 0 Å². The fourth-order valence-electron chi connectivity index (χ4n) is 4.43. The second-order valence-electron chi connectivity index (χ2n) is 7.80. The molecule has 2 heterocycles. The normalized spacial score (nSPS) is 18.5. The zero-order valence-electron chi connectivity index (χ0n) is 15.6. The number of rotatable bonds is 3. The average Bonchev–Trinajstić information content (AvgIpc) is 2.86. The summed E-state index contributed by atoms with van der Waals surface area (Å²) in [4.78, 5) is 7.64. The molecule has 0 radical (unpaired) electrons. The molecule has 2 aliphatic rings. The first-order chi connectivity index (χ1) is 12.8. The summed E-state index contributed by atoms with van der Waals surface area (Å²) in [5.74, 6) is 1.26. The fourth-order valence-corrected chi connectivity index (χ4v) is 4.43. The van der Waals surface area contributed by atoms with E-state index < -0.39 is 0 Å². The van der Waals surface area contributed by atoms with E-state index in [1.54, 1.807) is 0 Å². The van der Waals surface area contributed by atoms with Crippen LogP contribution in [-0.2, 0) is 19.4 Å². The molecule has 26 heavy (non-hydrogen) atoms. The SMILES string of the molecule is CCc1ccc(-c2ccc3nc4n(c3c2)CCN(C2CCC2)CC4)cc1. The van der Waals surface area contributed by atoms with Crippen molar-refractivity contribution in [2.45, 2.75) is 51.6 Å². The van der Waals surface area contributed by atoms with Crippen LogP contribution in [0.25, 0.3) is 22.2 Å². The van der Waals surface area contributed by atoms with E-state index in [-0.39, 0.29) is 0 Å². The van der Waals surface area contributed by atoms with Crippen LogP contribution in [0.1, 0.15) is 37.6 Å². The number of aromatic nitrogens is 2. The molecule has 1 aliphatic carbocycles. The Hall–Kier alpha value is -2.13. The Kier molecular flexibility index (Phi) is 4.05. The maximum absolute atomic E-state index is 4.95. The van der Waals surface area contributed by atoms with Crippen LogP contribution >= 0.6 is 0 Å². The van der Waals surface area contributed by atoms with Gasteiger partial charge in [0.15, 0.2) is 0 Å². The van der Waals surface area contributed by atoms with Crippen LogP contribution in [-0.4, -0.2) is 33.6 Å². The third kappa shape index (κ3) is 2.75. The van der Waals surface area contributed by atoms with Crippen LogP contribution in [0.2, 0.25) is 0 Å². The van der Waals surface area contributed by atoms with Gasteiger partial charge < -0.3 is 4.57 Å². The number of nitrogens with zero attached hydrogens (tertiary/aromatic N) is 3. The van der Waals surface area contributed by atoms with Crippen molar-refractivity contribution in [3.05, 3.63) is 53.9 Å². The molecule has 0 atom stereocenters. The first-order valence-electron chi connectivity index (χ1n) is 10.1. The smallest absolute Gasteiger partial charge is 0.111 e. The Balaban J connectivity index is 1.47. The molecular formula is C23H27N3. The van der Waals surface area contributed by atoms with E-state index in [1.807, 2.05) is 0 Å². The number of hydrogen-bond acceptors (Lipinski definition) is 2. The molecule has 3 aromatic rings. The highest BCUT2D eigenvalue weighted by molar-refractivity contribution is 5.82. The number of fused-ring (bicyclic) bond motifs is 3. The zero-order chi connectivity index (χ0) is 17.5. The maximum atomic E-state index is 4.95. The highest BCUT2D eigenvalue weighted by Crippen LogP contribution is 2.29. The second-order valence-corrected chi connectivity index (χ2v) is 7.80. The molecule has 3 nitrogen and oxygen atoms in total. The predicted octanol–water partition coefficient (Wildman–Crippen LogP) is 4.68. The van der Waals surface area contributed by atoms with Crippen molar-refractivity contribution in [3.8, 4) is 11.1 Å². The van der Waals surface area contributed by atoms with Gasteiger partial charge in [0.1, 0.15) is 5.82 Å². The Morgan fingerprint density at radius 2 is 1.77 bits per heavy atom. The lowest BCUT2D eigenvalue weighted by molar-refractivity contribution is 0.130. The van der Waals surface area contributed by atoms with Crippen LogP contribution in [0.5, 0.6) is 0 Å². The Morgan fingerprint density at radius 3 is 2.50 bits per heavy atom. The van der Waals surface area contributed by atoms with Crippen molar-refractivity contribution in [3.63, 3.8) is 0 Å². The summed E-state index contributed by atoms with van der Waals surface area (Å²) in [6, 6.07) is 16.6. The predicted molar refractivity (Wildman–Crippen MR) is 107 cm³/mol. The second kappa shape index (κ2) is 6.55. The lowest BCUT2D eigenvalue weighted by Gasteiger charge is -2.36. The van der Waals surface area contributed by atoms with Crippen molar-refractivity contribution >= 4 is 11.0 Å². The molecule has 1 aromatic heterocycles. The minimum Gasteiger partial charge on any atom is -0.327 e. The lowest BCUT2D eigenvalue weighted by Crippen LogP contribution is -2.41. The van der Waals surface area contributed by atoms with Crippen LogP contribution < -0.4 is 0 Å². The molecule has 5 rings (SSSR count). The molecule has 1 saturated carbocycles. The van der Waals surface area contributed by atoms with Gasteiger partial charge in [-0.1, -0.05) is 43.7 Å². The van der Waals surface area contributed by atoms with Gasteiger partial charge in [-0.25, -0.2) is 4.98 Å². The van der Waals surface area contributed by atoms with E-state index in [4.69, 9.17) is 4.98 Å². The molecule has 3 heteroatoms. The summed E-state index contributed by atoms with van der Waals surface area (Å²) < 4.78 is 2.47. The van der Waals surface area contributed by atoms with Gasteiger partial charge >= 0.3 is 0 Å². The van der Waals surface area contributed by atoms with Crippen LogP contribution in [0.15, 0.2) is 42.5 Å². The highest BCUT2D eigenvalue weighted by Gasteiger charge is 2.27. The molecule has 134 valence electrons. The van der Waals surface area contributed by atoms with Crippen molar-refractivity contribution < 1.29 is 0 Å². The monoisotopic (exact) mass is 345 g/mol. The van der Waals surface area contributed by atoms with Gasteiger partial charge in [0.05, 0.1) is 11.0 Å². The Morgan fingerprint density at radius 1 is 0.962 bits per heavy atom. The third-order valence-corrected chi connectivity index (χ3v) is 6.35. The van der Waals surface area contributed by atoms with Crippen molar-refractivity contribution in [2.24, 2.45) is 0 Å². The van der Waals surface area contributed by atoms with Gasteiger partial charge in [-0.15, -0.1) is 0 Å². The van der Waals surface area contributed by atoms with Crippen molar-refractivity contribution in [1.29, 1.82) is 0 Å². The van der Waals surface area contributed by atoms with Crippen LogP contribution in [0.4, 0.5) is 0 Å². The molecule has 0 unspecified atom stereocenters. The summed E-state index contributed by atoms with van der Waals surface area (Å²) in [6.07, 6.45) is 6.36. The van der Waals surface area contributed by atoms with Crippen molar-refractivity contribution in [1.82, 2.24) is 14.5 Å². The minimum absolute atomic E-state index is 0.832. The molecule has 0 spiro atoms. The fraction of sp³-hybridized carbons (Fsp3) is 0.435.